The summed E-state index contributed by atoms with van der Waals surface area (Å²) in [6.45, 7) is 4.98. The quantitative estimate of drug-likeness (QED) is 0.791. The topological polar surface area (TPSA) is 81.0 Å². The van der Waals surface area contributed by atoms with Gasteiger partial charge in [-0.25, -0.2) is 0 Å². The van der Waals surface area contributed by atoms with E-state index in [4.69, 9.17) is 0 Å². The van der Waals surface area contributed by atoms with E-state index in [1.165, 1.54) is 12.1 Å². The Kier molecular flexibility index (Phi) is 3.90. The highest BCUT2D eigenvalue weighted by atomic mass is 16.4. The number of hydrogen-bond acceptors (Lipinski definition) is 4. The predicted molar refractivity (Wildman–Crippen MR) is 74.7 cm³/mol. The van der Waals surface area contributed by atoms with Crippen LogP contribution in [0.15, 0.2) is 18.2 Å². The number of phenolic OH excluding ortho intramolecular Hbond substituents is 2. The van der Waals surface area contributed by atoms with Crippen molar-refractivity contribution in [3.8, 4) is 11.5 Å². The van der Waals surface area contributed by atoms with E-state index in [-0.39, 0.29) is 17.5 Å². The van der Waals surface area contributed by atoms with E-state index in [1.54, 1.807) is 13.0 Å². The van der Waals surface area contributed by atoms with Gasteiger partial charge in [0.1, 0.15) is 11.5 Å². The van der Waals surface area contributed by atoms with Gasteiger partial charge in [0.25, 0.3) is 0 Å². The lowest BCUT2D eigenvalue weighted by atomic mass is 9.81. The lowest BCUT2D eigenvalue weighted by Gasteiger charge is -2.40. The SMILES string of the molecule is CC(c1ccc(O)cc1O)N1CCCC(C)(C(=O)O)C1. The van der Waals surface area contributed by atoms with Crippen molar-refractivity contribution in [2.45, 2.75) is 32.7 Å². The van der Waals surface area contributed by atoms with E-state index in [0.717, 1.165) is 13.0 Å². The Labute approximate surface area is 118 Å². The molecule has 0 saturated carbocycles. The lowest BCUT2D eigenvalue weighted by molar-refractivity contribution is -0.151. The molecule has 110 valence electrons. The summed E-state index contributed by atoms with van der Waals surface area (Å²) in [5.74, 6) is -0.711. The van der Waals surface area contributed by atoms with Crippen LogP contribution in [0.3, 0.4) is 0 Å². The van der Waals surface area contributed by atoms with Crippen molar-refractivity contribution in [1.29, 1.82) is 0 Å². The van der Waals surface area contributed by atoms with Gasteiger partial charge in [0.2, 0.25) is 0 Å². The number of nitrogens with zero attached hydrogens (tertiary/aromatic N) is 1. The highest BCUT2D eigenvalue weighted by Gasteiger charge is 2.39. The first-order valence-electron chi connectivity index (χ1n) is 6.83. The van der Waals surface area contributed by atoms with E-state index < -0.39 is 11.4 Å². The molecule has 1 aliphatic heterocycles. The molecule has 0 aliphatic carbocycles. The van der Waals surface area contributed by atoms with E-state index in [2.05, 4.69) is 4.90 Å². The van der Waals surface area contributed by atoms with Crippen molar-refractivity contribution in [2.24, 2.45) is 5.41 Å². The van der Waals surface area contributed by atoms with Crippen LogP contribution in [-0.4, -0.2) is 39.3 Å². The van der Waals surface area contributed by atoms with E-state index in [0.29, 0.717) is 18.5 Å². The van der Waals surface area contributed by atoms with Crippen LogP contribution < -0.4 is 0 Å². The Bertz CT molecular complexity index is 517. The van der Waals surface area contributed by atoms with E-state index in [9.17, 15) is 20.1 Å². The number of likely N-dealkylation sites (tertiary alicyclic amines) is 1. The number of benzene rings is 1. The van der Waals surface area contributed by atoms with Crippen molar-refractivity contribution >= 4 is 5.97 Å². The highest BCUT2D eigenvalue weighted by Crippen LogP contribution is 2.37. The van der Waals surface area contributed by atoms with Crippen molar-refractivity contribution in [3.63, 3.8) is 0 Å². The second kappa shape index (κ2) is 5.32. The van der Waals surface area contributed by atoms with Gasteiger partial charge in [-0.3, -0.25) is 9.69 Å². The first-order chi connectivity index (χ1) is 9.33. The molecule has 5 nitrogen and oxygen atoms in total. The van der Waals surface area contributed by atoms with E-state index >= 15 is 0 Å². The summed E-state index contributed by atoms with van der Waals surface area (Å²) in [4.78, 5) is 13.5. The molecule has 1 aromatic rings. The molecule has 1 aromatic carbocycles. The fourth-order valence-electron chi connectivity index (χ4n) is 2.87. The summed E-state index contributed by atoms with van der Waals surface area (Å²) >= 11 is 0. The number of rotatable bonds is 3. The summed E-state index contributed by atoms with van der Waals surface area (Å²) in [7, 11) is 0. The third-order valence-corrected chi connectivity index (χ3v) is 4.25. The molecule has 20 heavy (non-hydrogen) atoms. The number of carbonyl (C=O) groups is 1. The van der Waals surface area contributed by atoms with Crippen molar-refractivity contribution < 1.29 is 20.1 Å². The zero-order valence-corrected chi connectivity index (χ0v) is 11.8. The summed E-state index contributed by atoms with van der Waals surface area (Å²) in [6.07, 6.45) is 1.50. The van der Waals surface area contributed by atoms with Crippen LogP contribution in [0.5, 0.6) is 11.5 Å². The number of phenols is 2. The first kappa shape index (κ1) is 14.7. The van der Waals surface area contributed by atoms with Gasteiger partial charge in [-0.1, -0.05) is 6.07 Å². The van der Waals surface area contributed by atoms with Gasteiger partial charge in [0, 0.05) is 24.2 Å². The van der Waals surface area contributed by atoms with Crippen LogP contribution in [0.4, 0.5) is 0 Å². The summed E-state index contributed by atoms with van der Waals surface area (Å²) in [5.41, 5.74) is -0.0311. The van der Waals surface area contributed by atoms with Crippen molar-refractivity contribution in [1.82, 2.24) is 4.90 Å². The Hall–Kier alpha value is -1.75. The minimum Gasteiger partial charge on any atom is -0.508 e. The molecule has 2 unspecified atom stereocenters. The molecule has 1 heterocycles. The summed E-state index contributed by atoms with van der Waals surface area (Å²) < 4.78 is 0. The molecule has 0 radical (unpaired) electrons. The van der Waals surface area contributed by atoms with Crippen LogP contribution in [0.1, 0.15) is 38.3 Å². The second-order valence-corrected chi connectivity index (χ2v) is 5.86. The van der Waals surface area contributed by atoms with Gasteiger partial charge in [0.15, 0.2) is 0 Å². The smallest absolute Gasteiger partial charge is 0.310 e. The maximum atomic E-state index is 11.4. The zero-order valence-electron chi connectivity index (χ0n) is 11.8. The molecule has 2 rings (SSSR count). The molecule has 0 amide bonds. The molecule has 1 saturated heterocycles. The van der Waals surface area contributed by atoms with Crippen molar-refractivity contribution in [2.75, 3.05) is 13.1 Å². The average Bonchev–Trinajstić information content (AvgIpc) is 2.38. The van der Waals surface area contributed by atoms with Gasteiger partial charge < -0.3 is 15.3 Å². The number of carboxylic acids is 1. The number of aliphatic carboxylic acids is 1. The monoisotopic (exact) mass is 279 g/mol. The van der Waals surface area contributed by atoms with Gasteiger partial charge in [-0.2, -0.15) is 0 Å². The van der Waals surface area contributed by atoms with Crippen LogP contribution in [0.2, 0.25) is 0 Å². The number of aromatic hydroxyl groups is 2. The normalized spacial score (nSPS) is 25.3. The van der Waals surface area contributed by atoms with Gasteiger partial charge in [0.05, 0.1) is 5.41 Å². The number of carboxylic acid groups (broad SMARTS) is 1. The number of piperidine rings is 1. The molecule has 1 aliphatic rings. The maximum absolute atomic E-state index is 11.4. The van der Waals surface area contributed by atoms with Gasteiger partial charge in [-0.05, 0) is 39.3 Å². The Morgan fingerprint density at radius 2 is 2.10 bits per heavy atom. The average molecular weight is 279 g/mol. The molecule has 2 atom stereocenters. The summed E-state index contributed by atoms with van der Waals surface area (Å²) in [5, 5.41) is 28.6. The molecule has 0 aromatic heterocycles. The highest BCUT2D eigenvalue weighted by molar-refractivity contribution is 5.74. The predicted octanol–water partition coefficient (Wildman–Crippen LogP) is 2.35. The maximum Gasteiger partial charge on any atom is 0.310 e. The molecule has 5 heteroatoms. The first-order valence-corrected chi connectivity index (χ1v) is 6.83. The molecule has 3 N–H and O–H groups in total. The Morgan fingerprint density at radius 1 is 1.40 bits per heavy atom. The standard InChI is InChI=1S/C15H21NO4/c1-10(12-5-4-11(17)8-13(12)18)16-7-3-6-15(2,9-16)14(19)20/h4-5,8,10,17-18H,3,6-7,9H2,1-2H3,(H,19,20). The Balaban J connectivity index is 2.20. The van der Waals surface area contributed by atoms with Gasteiger partial charge >= 0.3 is 5.97 Å². The van der Waals surface area contributed by atoms with Crippen LogP contribution >= 0.6 is 0 Å². The van der Waals surface area contributed by atoms with Crippen molar-refractivity contribution in [3.05, 3.63) is 23.8 Å². The van der Waals surface area contributed by atoms with E-state index in [1.807, 2.05) is 6.92 Å². The number of hydrogen-bond donors (Lipinski definition) is 3. The zero-order chi connectivity index (χ0) is 14.9. The minimum absolute atomic E-state index is 0.0208. The fraction of sp³-hybridized carbons (Fsp3) is 0.533. The molecule has 0 spiro atoms. The third kappa shape index (κ3) is 2.72. The van der Waals surface area contributed by atoms with Crippen LogP contribution in [0, 0.1) is 5.41 Å². The largest absolute Gasteiger partial charge is 0.508 e. The molecular formula is C15H21NO4. The second-order valence-electron chi connectivity index (χ2n) is 5.86. The third-order valence-electron chi connectivity index (χ3n) is 4.25. The lowest BCUT2D eigenvalue weighted by Crippen LogP contribution is -2.46. The molecule has 0 bridgehead atoms. The van der Waals surface area contributed by atoms with Crippen LogP contribution in [-0.2, 0) is 4.79 Å². The van der Waals surface area contributed by atoms with Crippen LogP contribution in [0.25, 0.3) is 0 Å². The molecular weight excluding hydrogens is 258 g/mol. The van der Waals surface area contributed by atoms with Gasteiger partial charge in [-0.15, -0.1) is 0 Å². The molecule has 1 fully saturated rings. The minimum atomic E-state index is -0.774. The Morgan fingerprint density at radius 3 is 2.70 bits per heavy atom. The fourth-order valence-corrected chi connectivity index (χ4v) is 2.87. The summed E-state index contributed by atoms with van der Waals surface area (Å²) in [6, 6.07) is 4.44.